The number of aryl methyl sites for hydroxylation is 1. The summed E-state index contributed by atoms with van der Waals surface area (Å²) in [5.74, 6) is -0.786. The topological polar surface area (TPSA) is 82.5 Å². The first-order chi connectivity index (χ1) is 13.6. The first-order valence-corrected chi connectivity index (χ1v) is 10.1. The first kappa shape index (κ1) is 20.1. The van der Waals surface area contributed by atoms with E-state index in [1.807, 2.05) is 17.8 Å². The van der Waals surface area contributed by atoms with Crippen LogP contribution in [0.2, 0.25) is 0 Å². The summed E-state index contributed by atoms with van der Waals surface area (Å²) in [5, 5.41) is 11.5. The Bertz CT molecular complexity index is 932. The predicted molar refractivity (Wildman–Crippen MR) is 114 cm³/mol. The zero-order valence-corrected chi connectivity index (χ0v) is 17.4. The van der Waals surface area contributed by atoms with Crippen molar-refractivity contribution >= 4 is 40.8 Å². The maximum atomic E-state index is 12.4. The smallest absolute Gasteiger partial charge is 0.235 e. The van der Waals surface area contributed by atoms with Crippen LogP contribution in [0.5, 0.6) is 0 Å². The fourth-order valence-electron chi connectivity index (χ4n) is 4.67. The summed E-state index contributed by atoms with van der Waals surface area (Å²) in [6, 6.07) is 6.94. The molecule has 3 aliphatic heterocycles. The third-order valence-electron chi connectivity index (χ3n) is 6.37. The molecule has 2 aromatic rings. The summed E-state index contributed by atoms with van der Waals surface area (Å²) in [4.78, 5) is 28.9. The van der Waals surface area contributed by atoms with Gasteiger partial charge in [-0.25, -0.2) is 0 Å². The van der Waals surface area contributed by atoms with Crippen LogP contribution in [-0.2, 0) is 16.6 Å². The molecular formula is C20H27ClN6O2. The highest BCUT2D eigenvalue weighted by molar-refractivity contribution is 6.03. The Balaban J connectivity index is 0.00000205. The quantitative estimate of drug-likeness (QED) is 0.711. The predicted octanol–water partition coefficient (Wildman–Crippen LogP) is 0.609. The monoisotopic (exact) mass is 418 g/mol. The number of piperazine rings is 1. The van der Waals surface area contributed by atoms with Gasteiger partial charge in [-0.05, 0) is 12.5 Å². The Labute approximate surface area is 176 Å². The van der Waals surface area contributed by atoms with Gasteiger partial charge in [0.25, 0.3) is 0 Å². The van der Waals surface area contributed by atoms with Crippen molar-refractivity contribution in [1.82, 2.24) is 25.3 Å². The van der Waals surface area contributed by atoms with E-state index < -0.39 is 0 Å². The molecule has 2 amide bonds. The zero-order valence-electron chi connectivity index (χ0n) is 16.6. The van der Waals surface area contributed by atoms with Gasteiger partial charge in [0.15, 0.2) is 0 Å². The number of rotatable bonds is 3. The number of hydrogen-bond donors (Lipinski definition) is 2. The van der Waals surface area contributed by atoms with Crippen molar-refractivity contribution < 1.29 is 9.59 Å². The molecular weight excluding hydrogens is 392 g/mol. The molecule has 3 saturated heterocycles. The fraction of sp³-hybridized carbons (Fsp3) is 0.550. The number of para-hydroxylation sites is 1. The molecule has 2 N–H and O–H groups in total. The standard InChI is InChI=1S/C20H26N6O2.ClH/c1-24-19-14(18(23-24)15-5-6-17(27)22-20(15)28)3-2-4-16(19)26-9-7-25(8-10-26)13-11-21-12-13;/h2-4,13,15,21H,5-12H2,1H3,(H,22,27,28);1H. The maximum absolute atomic E-state index is 12.4. The number of benzene rings is 1. The van der Waals surface area contributed by atoms with Crippen molar-refractivity contribution in [3.05, 3.63) is 23.9 Å². The summed E-state index contributed by atoms with van der Waals surface area (Å²) in [6.07, 6.45) is 0.890. The van der Waals surface area contributed by atoms with Crippen LogP contribution in [0.25, 0.3) is 10.9 Å². The molecule has 1 aromatic carbocycles. The molecule has 1 unspecified atom stereocenters. The number of hydrogen-bond acceptors (Lipinski definition) is 6. The number of amides is 2. The summed E-state index contributed by atoms with van der Waals surface area (Å²) < 4.78 is 1.89. The average molecular weight is 419 g/mol. The van der Waals surface area contributed by atoms with Gasteiger partial charge in [-0.3, -0.25) is 24.5 Å². The summed E-state index contributed by atoms with van der Waals surface area (Å²) in [6.45, 7) is 6.34. The number of carbonyl (C=O) groups excluding carboxylic acids is 2. The van der Waals surface area contributed by atoms with Gasteiger partial charge in [-0.1, -0.05) is 12.1 Å². The van der Waals surface area contributed by atoms with Crippen molar-refractivity contribution in [2.24, 2.45) is 7.05 Å². The molecule has 1 atom stereocenters. The molecule has 0 saturated carbocycles. The largest absolute Gasteiger partial charge is 0.367 e. The van der Waals surface area contributed by atoms with Crippen LogP contribution >= 0.6 is 12.4 Å². The number of anilines is 1. The second kappa shape index (κ2) is 7.93. The number of nitrogens with one attached hydrogen (secondary N) is 2. The van der Waals surface area contributed by atoms with Gasteiger partial charge >= 0.3 is 0 Å². The Morgan fingerprint density at radius 2 is 1.86 bits per heavy atom. The lowest BCUT2D eigenvalue weighted by Crippen LogP contribution is -2.61. The lowest BCUT2D eigenvalue weighted by atomic mass is 9.92. The zero-order chi connectivity index (χ0) is 19.3. The Morgan fingerprint density at radius 1 is 1.10 bits per heavy atom. The SMILES string of the molecule is Cl.Cn1nc(C2CCC(=O)NC2=O)c2cccc(N3CCN(C4CNC4)CC3)c21. The van der Waals surface area contributed by atoms with E-state index >= 15 is 0 Å². The molecule has 0 radical (unpaired) electrons. The van der Waals surface area contributed by atoms with Gasteiger partial charge in [0.2, 0.25) is 11.8 Å². The third-order valence-corrected chi connectivity index (χ3v) is 6.37. The highest BCUT2D eigenvalue weighted by atomic mass is 35.5. The van der Waals surface area contributed by atoms with Crippen LogP contribution in [-0.4, -0.2) is 71.8 Å². The minimum atomic E-state index is -0.361. The van der Waals surface area contributed by atoms with Gasteiger partial charge < -0.3 is 10.2 Å². The number of halogens is 1. The molecule has 29 heavy (non-hydrogen) atoms. The van der Waals surface area contributed by atoms with Crippen LogP contribution in [0, 0.1) is 0 Å². The first-order valence-electron chi connectivity index (χ1n) is 10.1. The molecule has 156 valence electrons. The van der Waals surface area contributed by atoms with Crippen LogP contribution < -0.4 is 15.5 Å². The lowest BCUT2D eigenvalue weighted by molar-refractivity contribution is -0.134. The number of carbonyl (C=O) groups is 2. The van der Waals surface area contributed by atoms with E-state index in [9.17, 15) is 9.59 Å². The van der Waals surface area contributed by atoms with E-state index in [0.29, 0.717) is 18.9 Å². The molecule has 3 aliphatic rings. The van der Waals surface area contributed by atoms with Crippen LogP contribution in [0.4, 0.5) is 5.69 Å². The highest BCUT2D eigenvalue weighted by Gasteiger charge is 2.33. The van der Waals surface area contributed by atoms with Crippen LogP contribution in [0.1, 0.15) is 24.5 Å². The molecule has 5 rings (SSSR count). The average Bonchev–Trinajstić information content (AvgIpc) is 2.98. The summed E-state index contributed by atoms with van der Waals surface area (Å²) in [5.41, 5.74) is 3.03. The minimum Gasteiger partial charge on any atom is -0.367 e. The number of aromatic nitrogens is 2. The maximum Gasteiger partial charge on any atom is 0.235 e. The van der Waals surface area contributed by atoms with Gasteiger partial charge in [0.1, 0.15) is 0 Å². The molecule has 0 bridgehead atoms. The van der Waals surface area contributed by atoms with E-state index in [2.05, 4.69) is 32.6 Å². The van der Waals surface area contributed by atoms with E-state index in [-0.39, 0.29) is 30.1 Å². The van der Waals surface area contributed by atoms with Crippen molar-refractivity contribution in [3.63, 3.8) is 0 Å². The van der Waals surface area contributed by atoms with Gasteiger partial charge in [-0.15, -0.1) is 12.4 Å². The molecule has 9 heteroatoms. The Hall–Kier alpha value is -2.16. The molecule has 0 aliphatic carbocycles. The van der Waals surface area contributed by atoms with E-state index in [0.717, 1.165) is 55.9 Å². The molecule has 0 spiro atoms. The number of imide groups is 1. The third kappa shape index (κ3) is 3.49. The van der Waals surface area contributed by atoms with Crippen molar-refractivity contribution in [3.8, 4) is 0 Å². The van der Waals surface area contributed by atoms with E-state index in [1.165, 1.54) is 5.69 Å². The van der Waals surface area contributed by atoms with Crippen molar-refractivity contribution in [2.75, 3.05) is 44.2 Å². The van der Waals surface area contributed by atoms with Crippen LogP contribution in [0.3, 0.4) is 0 Å². The fourth-order valence-corrected chi connectivity index (χ4v) is 4.67. The molecule has 8 nitrogen and oxygen atoms in total. The number of fused-ring (bicyclic) bond motifs is 1. The van der Waals surface area contributed by atoms with E-state index in [1.54, 1.807) is 0 Å². The number of piperidine rings is 1. The normalized spacial score (nSPS) is 23.6. The van der Waals surface area contributed by atoms with Crippen LogP contribution in [0.15, 0.2) is 18.2 Å². The van der Waals surface area contributed by atoms with Crippen molar-refractivity contribution in [2.45, 2.75) is 24.8 Å². The molecule has 4 heterocycles. The second-order valence-corrected chi connectivity index (χ2v) is 8.02. The summed E-state index contributed by atoms with van der Waals surface area (Å²) in [7, 11) is 1.94. The highest BCUT2D eigenvalue weighted by Crippen LogP contribution is 2.35. The minimum absolute atomic E-state index is 0. The molecule has 3 fully saturated rings. The van der Waals surface area contributed by atoms with Gasteiger partial charge in [0, 0.05) is 64.2 Å². The second-order valence-electron chi connectivity index (χ2n) is 8.02. The molecule has 1 aromatic heterocycles. The lowest BCUT2D eigenvalue weighted by Gasteiger charge is -2.44. The van der Waals surface area contributed by atoms with Crippen molar-refractivity contribution in [1.29, 1.82) is 0 Å². The van der Waals surface area contributed by atoms with Gasteiger partial charge in [-0.2, -0.15) is 5.10 Å². The van der Waals surface area contributed by atoms with Gasteiger partial charge in [0.05, 0.1) is 22.8 Å². The number of nitrogens with zero attached hydrogens (tertiary/aromatic N) is 4. The Kier molecular flexibility index (Phi) is 5.50. The Morgan fingerprint density at radius 3 is 2.52 bits per heavy atom. The van der Waals surface area contributed by atoms with E-state index in [4.69, 9.17) is 5.10 Å². The summed E-state index contributed by atoms with van der Waals surface area (Å²) >= 11 is 0.